The molecule has 100 valence electrons. The molecule has 0 fully saturated rings. The van der Waals surface area contributed by atoms with E-state index in [2.05, 4.69) is 15.4 Å². The molecule has 2 N–H and O–H groups in total. The molecule has 0 aromatic carbocycles. The molecule has 0 aliphatic carbocycles. The molecule has 1 amide bonds. The fraction of sp³-hybridized carbons (Fsp3) is 0.583. The Morgan fingerprint density at radius 1 is 1.39 bits per heavy atom. The molecular formula is C12H19N3O3. The number of amides is 1. The molecule has 0 saturated heterocycles. The Morgan fingerprint density at radius 3 is 2.44 bits per heavy atom. The van der Waals surface area contributed by atoms with Crippen LogP contribution in [0.5, 0.6) is 0 Å². The Morgan fingerprint density at radius 2 is 2.00 bits per heavy atom. The van der Waals surface area contributed by atoms with Crippen molar-refractivity contribution in [3.63, 3.8) is 0 Å². The zero-order valence-electron chi connectivity index (χ0n) is 11.2. The molecule has 6 nitrogen and oxygen atoms in total. The minimum Gasteiger partial charge on any atom is -0.465 e. The highest BCUT2D eigenvalue weighted by molar-refractivity contribution is 5.97. The molecule has 6 heteroatoms. The van der Waals surface area contributed by atoms with E-state index in [0.29, 0.717) is 6.61 Å². The lowest BCUT2D eigenvalue weighted by atomic mass is 10.1. The third-order valence-corrected chi connectivity index (χ3v) is 1.65. The molecule has 0 heterocycles. The second-order valence-electron chi connectivity index (χ2n) is 4.56. The van der Waals surface area contributed by atoms with Crippen molar-refractivity contribution in [1.82, 2.24) is 10.6 Å². The molecule has 18 heavy (non-hydrogen) atoms. The average Bonchev–Trinajstić information content (AvgIpc) is 2.22. The van der Waals surface area contributed by atoms with Crippen LogP contribution in [0.1, 0.15) is 27.7 Å². The van der Waals surface area contributed by atoms with E-state index in [4.69, 9.17) is 5.26 Å². The molecule has 0 aromatic rings. The van der Waals surface area contributed by atoms with Crippen LogP contribution in [0.15, 0.2) is 11.8 Å². The molecule has 0 saturated carbocycles. The third kappa shape index (κ3) is 7.28. The van der Waals surface area contributed by atoms with Crippen LogP contribution in [-0.2, 0) is 14.3 Å². The van der Waals surface area contributed by atoms with Gasteiger partial charge in [0.2, 0.25) is 0 Å². The second kappa shape index (κ2) is 7.33. The van der Waals surface area contributed by atoms with Gasteiger partial charge in [0.25, 0.3) is 5.91 Å². The van der Waals surface area contributed by atoms with E-state index in [9.17, 15) is 9.59 Å². The summed E-state index contributed by atoms with van der Waals surface area (Å²) in [4.78, 5) is 22.6. The Balaban J connectivity index is 4.38. The minimum atomic E-state index is -0.485. The molecule has 0 atom stereocenters. The van der Waals surface area contributed by atoms with Crippen molar-refractivity contribution in [2.75, 3.05) is 13.2 Å². The van der Waals surface area contributed by atoms with Gasteiger partial charge in [-0.2, -0.15) is 5.26 Å². The number of carbonyl (C=O) groups is 2. The molecular weight excluding hydrogens is 234 g/mol. The summed E-state index contributed by atoms with van der Waals surface area (Å²) < 4.78 is 4.68. The molecule has 0 rings (SSSR count). The lowest BCUT2D eigenvalue weighted by Crippen LogP contribution is -2.41. The summed E-state index contributed by atoms with van der Waals surface area (Å²) in [5.74, 6) is -0.927. The molecule has 0 radical (unpaired) electrons. The predicted octanol–water partition coefficient (Wildman–Crippen LogP) is 0.461. The third-order valence-electron chi connectivity index (χ3n) is 1.65. The van der Waals surface area contributed by atoms with Crippen LogP contribution >= 0.6 is 0 Å². The lowest BCUT2D eigenvalue weighted by molar-refractivity contribution is -0.141. The quantitative estimate of drug-likeness (QED) is 0.422. The van der Waals surface area contributed by atoms with E-state index < -0.39 is 17.4 Å². The normalized spacial score (nSPS) is 11.4. The van der Waals surface area contributed by atoms with Crippen molar-refractivity contribution in [3.05, 3.63) is 11.8 Å². The van der Waals surface area contributed by atoms with E-state index in [1.807, 2.05) is 20.8 Å². The number of esters is 1. The van der Waals surface area contributed by atoms with Crippen molar-refractivity contribution in [1.29, 1.82) is 5.26 Å². The van der Waals surface area contributed by atoms with Crippen molar-refractivity contribution >= 4 is 11.9 Å². The van der Waals surface area contributed by atoms with Crippen molar-refractivity contribution in [2.24, 2.45) is 0 Å². The van der Waals surface area contributed by atoms with Crippen LogP contribution in [-0.4, -0.2) is 30.6 Å². The van der Waals surface area contributed by atoms with Gasteiger partial charge in [-0.25, -0.2) is 0 Å². The standard InChI is InChI=1S/C12H19N3O3/c1-5-18-10(16)8-14-7-9(6-13)11(17)15-12(2,3)4/h7,14H,5,8H2,1-4H3,(H,15,17)/b9-7-. The van der Waals surface area contributed by atoms with Crippen molar-refractivity contribution in [2.45, 2.75) is 33.2 Å². The number of nitrogens with one attached hydrogen (secondary N) is 2. The van der Waals surface area contributed by atoms with Gasteiger partial charge in [0.15, 0.2) is 0 Å². The Hall–Kier alpha value is -2.03. The summed E-state index contributed by atoms with van der Waals surface area (Å²) in [7, 11) is 0. The molecule has 0 aliphatic heterocycles. The van der Waals surface area contributed by atoms with Gasteiger partial charge in [-0.05, 0) is 27.7 Å². The van der Waals surface area contributed by atoms with E-state index in [-0.39, 0.29) is 12.1 Å². The Labute approximate surface area is 107 Å². The number of nitrogens with zero attached hydrogens (tertiary/aromatic N) is 1. The van der Waals surface area contributed by atoms with Crippen LogP contribution in [0.2, 0.25) is 0 Å². The van der Waals surface area contributed by atoms with E-state index in [0.717, 1.165) is 0 Å². The first-order valence-electron chi connectivity index (χ1n) is 5.62. The van der Waals surface area contributed by atoms with Gasteiger partial charge in [-0.1, -0.05) is 0 Å². The molecule has 0 aliphatic rings. The van der Waals surface area contributed by atoms with Gasteiger partial charge in [-0.15, -0.1) is 0 Å². The average molecular weight is 253 g/mol. The summed E-state index contributed by atoms with van der Waals surface area (Å²) in [6.45, 7) is 7.34. The van der Waals surface area contributed by atoms with Gasteiger partial charge in [0.1, 0.15) is 18.2 Å². The maximum absolute atomic E-state index is 11.6. The summed E-state index contributed by atoms with van der Waals surface area (Å²) in [5.41, 5.74) is -0.511. The maximum Gasteiger partial charge on any atom is 0.325 e. The predicted molar refractivity (Wildman–Crippen MR) is 66.2 cm³/mol. The van der Waals surface area contributed by atoms with E-state index in [1.165, 1.54) is 6.20 Å². The maximum atomic E-state index is 11.6. The van der Waals surface area contributed by atoms with Crippen LogP contribution < -0.4 is 10.6 Å². The van der Waals surface area contributed by atoms with Gasteiger partial charge in [0.05, 0.1) is 6.61 Å². The van der Waals surface area contributed by atoms with Gasteiger partial charge >= 0.3 is 5.97 Å². The van der Waals surface area contributed by atoms with Crippen LogP contribution in [0.3, 0.4) is 0 Å². The Bertz CT molecular complexity index is 375. The number of hydrogen-bond donors (Lipinski definition) is 2. The smallest absolute Gasteiger partial charge is 0.325 e. The van der Waals surface area contributed by atoms with Gasteiger partial charge in [0, 0.05) is 11.7 Å². The monoisotopic (exact) mass is 253 g/mol. The zero-order valence-corrected chi connectivity index (χ0v) is 11.2. The van der Waals surface area contributed by atoms with E-state index >= 15 is 0 Å². The number of hydrogen-bond acceptors (Lipinski definition) is 5. The van der Waals surface area contributed by atoms with Crippen molar-refractivity contribution in [3.8, 4) is 6.07 Å². The number of ether oxygens (including phenoxy) is 1. The number of carbonyl (C=O) groups excluding carboxylic acids is 2. The van der Waals surface area contributed by atoms with Crippen LogP contribution in [0, 0.1) is 11.3 Å². The summed E-state index contributed by atoms with van der Waals surface area (Å²) in [6.07, 6.45) is 1.21. The first-order chi connectivity index (χ1) is 8.30. The fourth-order valence-electron chi connectivity index (χ4n) is 1.00. The van der Waals surface area contributed by atoms with Gasteiger partial charge < -0.3 is 15.4 Å². The minimum absolute atomic E-state index is 0.0815. The van der Waals surface area contributed by atoms with Crippen LogP contribution in [0.4, 0.5) is 0 Å². The summed E-state index contributed by atoms with van der Waals surface area (Å²) in [6, 6.07) is 1.76. The highest BCUT2D eigenvalue weighted by Gasteiger charge is 2.17. The topological polar surface area (TPSA) is 91.2 Å². The van der Waals surface area contributed by atoms with Crippen molar-refractivity contribution < 1.29 is 14.3 Å². The first kappa shape index (κ1) is 16.0. The SMILES string of the molecule is CCOC(=O)CN/C=C(/C#N)C(=O)NC(C)(C)C. The molecule has 0 bridgehead atoms. The zero-order chi connectivity index (χ0) is 14.2. The fourth-order valence-corrected chi connectivity index (χ4v) is 1.00. The molecule has 0 unspecified atom stereocenters. The molecule has 0 spiro atoms. The summed E-state index contributed by atoms with van der Waals surface area (Å²) in [5, 5.41) is 14.0. The first-order valence-corrected chi connectivity index (χ1v) is 5.62. The highest BCUT2D eigenvalue weighted by atomic mass is 16.5. The molecule has 0 aromatic heterocycles. The second-order valence-corrected chi connectivity index (χ2v) is 4.56. The number of rotatable bonds is 5. The Kier molecular flexibility index (Phi) is 6.50. The van der Waals surface area contributed by atoms with E-state index in [1.54, 1.807) is 13.0 Å². The number of nitriles is 1. The summed E-state index contributed by atoms with van der Waals surface area (Å²) >= 11 is 0. The van der Waals surface area contributed by atoms with Gasteiger partial charge in [-0.3, -0.25) is 9.59 Å². The highest BCUT2D eigenvalue weighted by Crippen LogP contribution is 2.01. The largest absolute Gasteiger partial charge is 0.465 e. The lowest BCUT2D eigenvalue weighted by Gasteiger charge is -2.19. The van der Waals surface area contributed by atoms with Crippen LogP contribution in [0.25, 0.3) is 0 Å².